The zero-order valence-electron chi connectivity index (χ0n) is 11.2. The minimum Gasteiger partial charge on any atom is -0.314 e. The number of hydrogen-bond acceptors (Lipinski definition) is 1. The maximum Gasteiger partial charge on any atom is 0.0207 e. The van der Waals surface area contributed by atoms with Crippen LogP contribution in [0.25, 0.3) is 0 Å². The summed E-state index contributed by atoms with van der Waals surface area (Å²) in [4.78, 5) is 0. The van der Waals surface area contributed by atoms with Crippen molar-refractivity contribution in [2.75, 3.05) is 6.54 Å². The van der Waals surface area contributed by atoms with E-state index in [-0.39, 0.29) is 0 Å². The van der Waals surface area contributed by atoms with Crippen molar-refractivity contribution in [3.63, 3.8) is 0 Å². The summed E-state index contributed by atoms with van der Waals surface area (Å²) in [7, 11) is 0. The van der Waals surface area contributed by atoms with Gasteiger partial charge in [-0.1, -0.05) is 48.0 Å². The van der Waals surface area contributed by atoms with E-state index < -0.39 is 0 Å². The molecular weight excluding hydrogens is 274 g/mol. The number of nitrogens with one attached hydrogen (secondary N) is 1. The first-order chi connectivity index (χ1) is 8.13. The molecule has 0 heterocycles. The summed E-state index contributed by atoms with van der Waals surface area (Å²) in [6.45, 7) is 7.96. The van der Waals surface area contributed by atoms with Gasteiger partial charge in [0.05, 0.1) is 0 Å². The highest BCUT2D eigenvalue weighted by atomic mass is 79.9. The molecule has 0 aliphatic heterocycles. The average molecular weight is 298 g/mol. The van der Waals surface area contributed by atoms with Crippen LogP contribution in [0.2, 0.25) is 0 Å². The van der Waals surface area contributed by atoms with Gasteiger partial charge in [-0.05, 0) is 50.3 Å². The van der Waals surface area contributed by atoms with Gasteiger partial charge in [0.2, 0.25) is 0 Å². The molecule has 1 nitrogen and oxygen atoms in total. The fourth-order valence-corrected chi connectivity index (χ4v) is 2.65. The van der Waals surface area contributed by atoms with Crippen LogP contribution in [-0.2, 0) is 6.42 Å². The molecule has 17 heavy (non-hydrogen) atoms. The molecular formula is C15H24BrN. The molecule has 2 heteroatoms. The van der Waals surface area contributed by atoms with Gasteiger partial charge < -0.3 is 5.32 Å². The lowest BCUT2D eigenvalue weighted by atomic mass is 9.95. The molecule has 0 saturated heterocycles. The molecule has 1 rings (SSSR count). The standard InChI is InChI=1S/C15H24BrN/c1-4-9-17-13(3)10-12(2)11-14-7-5-6-8-15(14)16/h5-8,12-13,17H,4,9-11H2,1-3H3. The van der Waals surface area contributed by atoms with Crippen LogP contribution < -0.4 is 5.32 Å². The Balaban J connectivity index is 2.39. The molecule has 1 N–H and O–H groups in total. The van der Waals surface area contributed by atoms with Crippen molar-refractivity contribution in [1.29, 1.82) is 0 Å². The van der Waals surface area contributed by atoms with Crippen molar-refractivity contribution in [1.82, 2.24) is 5.32 Å². The highest BCUT2D eigenvalue weighted by Gasteiger charge is 2.10. The smallest absolute Gasteiger partial charge is 0.0207 e. The minimum absolute atomic E-state index is 0.618. The van der Waals surface area contributed by atoms with Gasteiger partial charge in [-0.15, -0.1) is 0 Å². The fourth-order valence-electron chi connectivity index (χ4n) is 2.20. The highest BCUT2D eigenvalue weighted by molar-refractivity contribution is 9.10. The van der Waals surface area contributed by atoms with E-state index in [4.69, 9.17) is 0 Å². The van der Waals surface area contributed by atoms with Crippen LogP contribution in [0.4, 0.5) is 0 Å². The van der Waals surface area contributed by atoms with Crippen molar-refractivity contribution in [2.24, 2.45) is 5.92 Å². The Labute approximate surface area is 114 Å². The van der Waals surface area contributed by atoms with E-state index >= 15 is 0 Å². The summed E-state index contributed by atoms with van der Waals surface area (Å²) in [5.74, 6) is 0.716. The van der Waals surface area contributed by atoms with Gasteiger partial charge in [0, 0.05) is 10.5 Å². The lowest BCUT2D eigenvalue weighted by Crippen LogP contribution is -2.28. The first-order valence-electron chi connectivity index (χ1n) is 6.60. The first-order valence-corrected chi connectivity index (χ1v) is 7.39. The lowest BCUT2D eigenvalue weighted by molar-refractivity contribution is 0.419. The summed E-state index contributed by atoms with van der Waals surface area (Å²) in [5, 5.41) is 3.55. The largest absolute Gasteiger partial charge is 0.314 e. The van der Waals surface area contributed by atoms with E-state index in [9.17, 15) is 0 Å². The molecule has 0 bridgehead atoms. The van der Waals surface area contributed by atoms with Crippen LogP contribution in [0.5, 0.6) is 0 Å². The Morgan fingerprint density at radius 3 is 2.59 bits per heavy atom. The summed E-state index contributed by atoms with van der Waals surface area (Å²) in [5.41, 5.74) is 1.42. The lowest BCUT2D eigenvalue weighted by Gasteiger charge is -2.19. The van der Waals surface area contributed by atoms with Gasteiger partial charge in [0.1, 0.15) is 0 Å². The second kappa shape index (κ2) is 7.88. The third kappa shape index (κ3) is 5.69. The predicted octanol–water partition coefficient (Wildman–Crippen LogP) is 4.41. The van der Waals surface area contributed by atoms with Crippen LogP contribution in [0.15, 0.2) is 28.7 Å². The normalized spacial score (nSPS) is 14.6. The van der Waals surface area contributed by atoms with Crippen LogP contribution in [0.1, 0.15) is 39.2 Å². The molecule has 0 saturated carbocycles. The molecule has 2 atom stereocenters. The summed E-state index contributed by atoms with van der Waals surface area (Å²) in [6, 6.07) is 9.15. The van der Waals surface area contributed by atoms with E-state index in [1.165, 1.54) is 22.9 Å². The topological polar surface area (TPSA) is 12.0 Å². The Kier molecular flexibility index (Phi) is 6.83. The molecule has 0 spiro atoms. The summed E-state index contributed by atoms with van der Waals surface area (Å²) in [6.07, 6.45) is 3.60. The molecule has 0 aliphatic carbocycles. The van der Waals surface area contributed by atoms with E-state index in [2.05, 4.69) is 66.3 Å². The second-order valence-electron chi connectivity index (χ2n) is 4.99. The van der Waals surface area contributed by atoms with E-state index in [1.807, 2.05) is 0 Å². The van der Waals surface area contributed by atoms with E-state index in [0.717, 1.165) is 13.0 Å². The van der Waals surface area contributed by atoms with Crippen molar-refractivity contribution in [3.8, 4) is 0 Å². The van der Waals surface area contributed by atoms with Crippen LogP contribution in [-0.4, -0.2) is 12.6 Å². The quantitative estimate of drug-likeness (QED) is 0.786. The maximum absolute atomic E-state index is 3.62. The third-order valence-corrected chi connectivity index (χ3v) is 3.80. The molecule has 2 unspecified atom stereocenters. The zero-order chi connectivity index (χ0) is 12.7. The Morgan fingerprint density at radius 1 is 1.24 bits per heavy atom. The van der Waals surface area contributed by atoms with Gasteiger partial charge >= 0.3 is 0 Å². The number of rotatable bonds is 7. The molecule has 0 fully saturated rings. The SMILES string of the molecule is CCCNC(C)CC(C)Cc1ccccc1Br. The molecule has 0 radical (unpaired) electrons. The molecule has 96 valence electrons. The van der Waals surface area contributed by atoms with Gasteiger partial charge in [0.15, 0.2) is 0 Å². The van der Waals surface area contributed by atoms with Crippen LogP contribution in [0, 0.1) is 5.92 Å². The Morgan fingerprint density at radius 2 is 1.94 bits per heavy atom. The number of hydrogen-bond donors (Lipinski definition) is 1. The second-order valence-corrected chi connectivity index (χ2v) is 5.85. The van der Waals surface area contributed by atoms with Crippen LogP contribution >= 0.6 is 15.9 Å². The molecule has 0 aromatic heterocycles. The van der Waals surface area contributed by atoms with Gasteiger partial charge in [-0.2, -0.15) is 0 Å². The number of halogens is 1. The van der Waals surface area contributed by atoms with Crippen molar-refractivity contribution >= 4 is 15.9 Å². The van der Waals surface area contributed by atoms with E-state index in [1.54, 1.807) is 0 Å². The van der Waals surface area contributed by atoms with Crippen molar-refractivity contribution in [3.05, 3.63) is 34.3 Å². The monoisotopic (exact) mass is 297 g/mol. The third-order valence-electron chi connectivity index (χ3n) is 3.02. The number of benzene rings is 1. The maximum atomic E-state index is 3.62. The van der Waals surface area contributed by atoms with Crippen molar-refractivity contribution < 1.29 is 0 Å². The average Bonchev–Trinajstić information content (AvgIpc) is 2.29. The Bertz CT molecular complexity index is 324. The minimum atomic E-state index is 0.618. The molecule has 0 amide bonds. The Hall–Kier alpha value is -0.340. The molecule has 1 aromatic carbocycles. The van der Waals surface area contributed by atoms with E-state index in [0.29, 0.717) is 12.0 Å². The molecule has 0 aliphatic rings. The predicted molar refractivity (Wildman–Crippen MR) is 79.4 cm³/mol. The van der Waals surface area contributed by atoms with Crippen LogP contribution in [0.3, 0.4) is 0 Å². The molecule has 1 aromatic rings. The summed E-state index contributed by atoms with van der Waals surface area (Å²) < 4.78 is 1.24. The first kappa shape index (κ1) is 14.7. The van der Waals surface area contributed by atoms with Gasteiger partial charge in [-0.3, -0.25) is 0 Å². The van der Waals surface area contributed by atoms with Gasteiger partial charge in [-0.25, -0.2) is 0 Å². The fraction of sp³-hybridized carbons (Fsp3) is 0.600. The van der Waals surface area contributed by atoms with Crippen molar-refractivity contribution in [2.45, 2.75) is 46.1 Å². The summed E-state index contributed by atoms with van der Waals surface area (Å²) >= 11 is 3.62. The van der Waals surface area contributed by atoms with Gasteiger partial charge in [0.25, 0.3) is 0 Å². The zero-order valence-corrected chi connectivity index (χ0v) is 12.8. The highest BCUT2D eigenvalue weighted by Crippen LogP contribution is 2.21.